The number of allylic oxidation sites excluding steroid dienone is 2. The van der Waals surface area contributed by atoms with Crippen LogP contribution in [0.15, 0.2) is 72.8 Å². The van der Waals surface area contributed by atoms with E-state index in [1.807, 2.05) is 12.1 Å². The maximum absolute atomic E-state index is 15.4. The van der Waals surface area contributed by atoms with E-state index in [0.29, 0.717) is 13.1 Å². The van der Waals surface area contributed by atoms with Gasteiger partial charge in [0, 0.05) is 23.9 Å². The molecule has 0 aromatic heterocycles. The molecule has 3 fully saturated rings. The third-order valence-corrected chi connectivity index (χ3v) is 14.5. The Hall–Kier alpha value is -4.58. The summed E-state index contributed by atoms with van der Waals surface area (Å²) < 4.78 is 0. The van der Waals surface area contributed by atoms with Gasteiger partial charge in [-0.1, -0.05) is 151 Å². The zero-order chi connectivity index (χ0) is 36.9. The van der Waals surface area contributed by atoms with Crippen molar-refractivity contribution in [1.82, 2.24) is 9.80 Å². The Kier molecular flexibility index (Phi) is 7.84. The minimum absolute atomic E-state index is 0.157. The third kappa shape index (κ3) is 4.02. The third-order valence-electron chi connectivity index (χ3n) is 14.5. The zero-order valence-corrected chi connectivity index (χ0v) is 31.7. The summed E-state index contributed by atoms with van der Waals surface area (Å²) >= 11 is 0. The van der Waals surface area contributed by atoms with Crippen LogP contribution in [0.25, 0.3) is 32.7 Å². The number of imide groups is 2. The lowest BCUT2D eigenvalue weighted by Gasteiger charge is -2.62. The maximum atomic E-state index is 15.4. The molecule has 1 saturated carbocycles. The summed E-state index contributed by atoms with van der Waals surface area (Å²) in [6, 6.07) is 25.2. The molecule has 2 heterocycles. The molecule has 7 aliphatic rings. The average molecular weight is 719 g/mol. The van der Waals surface area contributed by atoms with E-state index in [1.54, 1.807) is 9.80 Å². The second-order valence-electron chi connectivity index (χ2n) is 17.0. The van der Waals surface area contributed by atoms with Crippen molar-refractivity contribution in [3.63, 3.8) is 0 Å². The second kappa shape index (κ2) is 12.5. The molecule has 0 radical (unpaired) electrons. The molecule has 276 valence electrons. The van der Waals surface area contributed by atoms with Crippen LogP contribution < -0.4 is 0 Å². The van der Waals surface area contributed by atoms with Crippen molar-refractivity contribution in [3.05, 3.63) is 95.1 Å². The predicted molar refractivity (Wildman–Crippen MR) is 212 cm³/mol. The van der Waals surface area contributed by atoms with Crippen molar-refractivity contribution < 1.29 is 19.2 Å². The van der Waals surface area contributed by atoms with Crippen molar-refractivity contribution in [1.29, 1.82) is 0 Å². The highest BCUT2D eigenvalue weighted by molar-refractivity contribution is 6.29. The van der Waals surface area contributed by atoms with Crippen LogP contribution in [0, 0.1) is 23.7 Å². The molecular weight excluding hydrogens is 669 g/mol. The van der Waals surface area contributed by atoms with E-state index in [-0.39, 0.29) is 23.6 Å². The van der Waals surface area contributed by atoms with Gasteiger partial charge in [-0.3, -0.25) is 29.0 Å². The molecule has 6 nitrogen and oxygen atoms in total. The molecule has 4 amide bonds. The van der Waals surface area contributed by atoms with Gasteiger partial charge < -0.3 is 0 Å². The number of likely N-dealkylation sites (tertiary alicyclic amines) is 2. The van der Waals surface area contributed by atoms with Crippen molar-refractivity contribution in [2.24, 2.45) is 23.7 Å². The van der Waals surface area contributed by atoms with E-state index in [1.165, 1.54) is 12.8 Å². The molecular formula is C48H50N2O4. The molecule has 2 spiro atoms. The normalized spacial score (nSPS) is 28.3. The van der Waals surface area contributed by atoms with Crippen LogP contribution >= 0.6 is 0 Å². The Balaban J connectivity index is 1.21. The van der Waals surface area contributed by atoms with Crippen LogP contribution in [0.3, 0.4) is 0 Å². The summed E-state index contributed by atoms with van der Waals surface area (Å²) in [7, 11) is 0. The minimum atomic E-state index is -1.13. The molecule has 4 unspecified atom stereocenters. The molecule has 4 atom stereocenters. The van der Waals surface area contributed by atoms with Gasteiger partial charge in [0.15, 0.2) is 0 Å². The highest BCUT2D eigenvalue weighted by Crippen LogP contribution is 2.81. The number of rotatable bonds is 14. The van der Waals surface area contributed by atoms with Gasteiger partial charge in [-0.2, -0.15) is 0 Å². The summed E-state index contributed by atoms with van der Waals surface area (Å²) in [6.07, 6.45) is 12.6. The Labute approximate surface area is 318 Å². The first kappa shape index (κ1) is 33.9. The Morgan fingerprint density at radius 2 is 0.778 bits per heavy atom. The van der Waals surface area contributed by atoms with Crippen LogP contribution in [0.1, 0.15) is 113 Å². The molecule has 2 bridgehead atoms. The van der Waals surface area contributed by atoms with Crippen molar-refractivity contribution in [2.75, 3.05) is 13.1 Å². The van der Waals surface area contributed by atoms with Crippen LogP contribution in [-0.2, 0) is 30.0 Å². The topological polar surface area (TPSA) is 74.8 Å². The van der Waals surface area contributed by atoms with Crippen molar-refractivity contribution in [2.45, 2.75) is 102 Å². The number of amides is 4. The Morgan fingerprint density at radius 1 is 0.444 bits per heavy atom. The number of benzene rings is 4. The van der Waals surface area contributed by atoms with Gasteiger partial charge in [-0.25, -0.2) is 0 Å². The van der Waals surface area contributed by atoms with Gasteiger partial charge in [-0.05, 0) is 67.8 Å². The highest BCUT2D eigenvalue weighted by Gasteiger charge is 2.85. The largest absolute Gasteiger partial charge is 0.282 e. The van der Waals surface area contributed by atoms with Crippen LogP contribution in [0.5, 0.6) is 0 Å². The zero-order valence-electron chi connectivity index (χ0n) is 31.7. The molecule has 2 saturated heterocycles. The maximum Gasteiger partial charge on any atom is 0.234 e. The number of nitrogens with zero attached hydrogens (tertiary/aromatic N) is 2. The number of hydrogen-bond acceptors (Lipinski definition) is 4. The van der Waals surface area contributed by atoms with E-state index < -0.39 is 34.5 Å². The van der Waals surface area contributed by atoms with Gasteiger partial charge in [0.1, 0.15) is 0 Å². The van der Waals surface area contributed by atoms with E-state index >= 15 is 19.2 Å². The standard InChI is InChI=1S/C48H50N2O4/c1-3-5-7-9-11-13-27-49-43(51)39-40(44(49)52)48-34-26-18-22-30-20-16-24-32(36(30)34)38(48)37-31-23-15-19-29-21-17-25-33(35(29)31)47(37,39)41-42(48)46(54)50(45(41)53)28-14-12-10-8-6-4-2/h15-26,39-42H,3-14,27-28H2,1-2H3. The fourth-order valence-corrected chi connectivity index (χ4v) is 12.7. The summed E-state index contributed by atoms with van der Waals surface area (Å²) in [6.45, 7) is 5.16. The van der Waals surface area contributed by atoms with E-state index in [2.05, 4.69) is 74.5 Å². The van der Waals surface area contributed by atoms with Gasteiger partial charge in [0.2, 0.25) is 23.6 Å². The summed E-state index contributed by atoms with van der Waals surface area (Å²) in [5.41, 5.74) is 3.77. The second-order valence-corrected chi connectivity index (χ2v) is 17.0. The molecule has 2 aliphatic heterocycles. The van der Waals surface area contributed by atoms with Crippen molar-refractivity contribution in [3.8, 4) is 0 Å². The lowest BCUT2D eigenvalue weighted by atomic mass is 9.36. The quantitative estimate of drug-likeness (QED) is 0.0963. The van der Waals surface area contributed by atoms with Crippen LogP contribution in [0.2, 0.25) is 0 Å². The number of hydrogen-bond donors (Lipinski definition) is 0. The highest BCUT2D eigenvalue weighted by atomic mass is 16.2. The molecule has 6 heteroatoms. The van der Waals surface area contributed by atoms with Crippen LogP contribution in [-0.4, -0.2) is 46.5 Å². The molecule has 4 aromatic carbocycles. The number of carbonyl (C=O) groups excluding carboxylic acids is 4. The van der Waals surface area contributed by atoms with Gasteiger partial charge in [-0.15, -0.1) is 0 Å². The Morgan fingerprint density at radius 3 is 1.15 bits per heavy atom. The van der Waals surface area contributed by atoms with E-state index in [0.717, 1.165) is 119 Å². The van der Waals surface area contributed by atoms with E-state index in [4.69, 9.17) is 0 Å². The van der Waals surface area contributed by atoms with Gasteiger partial charge in [0.05, 0.1) is 23.7 Å². The van der Waals surface area contributed by atoms with Gasteiger partial charge >= 0.3 is 0 Å². The van der Waals surface area contributed by atoms with Crippen molar-refractivity contribution >= 4 is 56.3 Å². The monoisotopic (exact) mass is 718 g/mol. The first-order valence-corrected chi connectivity index (χ1v) is 21.0. The molecule has 0 N–H and O–H groups in total. The molecule has 11 rings (SSSR count). The minimum Gasteiger partial charge on any atom is -0.282 e. The predicted octanol–water partition coefficient (Wildman–Crippen LogP) is 9.36. The van der Waals surface area contributed by atoms with Gasteiger partial charge in [0.25, 0.3) is 0 Å². The molecule has 54 heavy (non-hydrogen) atoms. The fourth-order valence-electron chi connectivity index (χ4n) is 12.7. The Bertz CT molecular complexity index is 2100. The summed E-state index contributed by atoms with van der Waals surface area (Å²) in [5.74, 6) is -3.74. The lowest BCUT2D eigenvalue weighted by molar-refractivity contribution is -0.140. The lowest BCUT2D eigenvalue weighted by Crippen LogP contribution is -2.68. The number of carbonyl (C=O) groups is 4. The number of unbranched alkanes of at least 4 members (excludes halogenated alkanes) is 10. The molecule has 4 aromatic rings. The first-order valence-electron chi connectivity index (χ1n) is 21.0. The summed E-state index contributed by atoms with van der Waals surface area (Å²) in [4.78, 5) is 64.9. The van der Waals surface area contributed by atoms with E-state index in [9.17, 15) is 0 Å². The smallest absolute Gasteiger partial charge is 0.234 e. The fraction of sp³-hybridized carbons (Fsp3) is 0.458. The average Bonchev–Trinajstić information content (AvgIpc) is 3.84. The SMILES string of the molecule is CCCCCCCCN1C(=O)C2C(C1=O)C13C(=C4c5cccc6cccc(c56)C42C2C(=O)N(CCCCCCCC)C(=O)C21)c1cccc2cccc3c12. The first-order chi connectivity index (χ1) is 26.4. The summed E-state index contributed by atoms with van der Waals surface area (Å²) in [5, 5.41) is 4.24. The molecule has 5 aliphatic carbocycles. The van der Waals surface area contributed by atoms with Crippen LogP contribution in [0.4, 0.5) is 0 Å².